The summed E-state index contributed by atoms with van der Waals surface area (Å²) in [5.74, 6) is -0.0155. The molecule has 0 spiro atoms. The van der Waals surface area contributed by atoms with Crippen LogP contribution in [0.25, 0.3) is 10.9 Å². The van der Waals surface area contributed by atoms with Crippen molar-refractivity contribution in [2.45, 2.75) is 6.18 Å². The maximum absolute atomic E-state index is 13.0. The van der Waals surface area contributed by atoms with E-state index >= 15 is 0 Å². The highest BCUT2D eigenvalue weighted by Crippen LogP contribution is 2.33. The number of para-hydroxylation sites is 1. The molecular weight excluding hydrogens is 453 g/mol. The number of fused-ring (bicyclic) bond motifs is 1. The highest BCUT2D eigenvalue weighted by atomic mass is 19.4. The Bertz CT molecular complexity index is 1330. The van der Waals surface area contributed by atoms with Crippen molar-refractivity contribution in [3.63, 3.8) is 0 Å². The summed E-state index contributed by atoms with van der Waals surface area (Å²) in [4.78, 5) is 21.2. The SMILES string of the molecule is O=C(c1ccc(Nc2ccnc3cc(C(F)(F)F)ccc23)cc1)N1CCN(c2ccccc2)CC1. The smallest absolute Gasteiger partial charge is 0.368 e. The van der Waals surface area contributed by atoms with Gasteiger partial charge in [-0.2, -0.15) is 13.2 Å². The van der Waals surface area contributed by atoms with Gasteiger partial charge in [0.15, 0.2) is 0 Å². The van der Waals surface area contributed by atoms with Gasteiger partial charge in [0.1, 0.15) is 0 Å². The number of halogens is 3. The van der Waals surface area contributed by atoms with Gasteiger partial charge in [-0.3, -0.25) is 9.78 Å². The Balaban J connectivity index is 1.26. The minimum absolute atomic E-state index is 0.0155. The van der Waals surface area contributed by atoms with E-state index in [4.69, 9.17) is 0 Å². The fourth-order valence-electron chi connectivity index (χ4n) is 4.27. The topological polar surface area (TPSA) is 48.5 Å². The molecule has 35 heavy (non-hydrogen) atoms. The first-order chi connectivity index (χ1) is 16.9. The summed E-state index contributed by atoms with van der Waals surface area (Å²) in [6, 6.07) is 22.5. The Hall–Kier alpha value is -4.07. The number of nitrogens with zero attached hydrogens (tertiary/aromatic N) is 3. The first kappa shape index (κ1) is 22.7. The second-order valence-electron chi connectivity index (χ2n) is 8.41. The van der Waals surface area contributed by atoms with Gasteiger partial charge in [0, 0.05) is 60.4 Å². The lowest BCUT2D eigenvalue weighted by Gasteiger charge is -2.36. The Labute approximate surface area is 200 Å². The quantitative estimate of drug-likeness (QED) is 0.395. The molecule has 5 nitrogen and oxygen atoms in total. The van der Waals surface area contributed by atoms with Crippen molar-refractivity contribution < 1.29 is 18.0 Å². The molecule has 0 atom stereocenters. The Morgan fingerprint density at radius 2 is 1.57 bits per heavy atom. The zero-order chi connectivity index (χ0) is 24.4. The van der Waals surface area contributed by atoms with Crippen molar-refractivity contribution >= 4 is 33.9 Å². The van der Waals surface area contributed by atoms with Gasteiger partial charge in [-0.25, -0.2) is 0 Å². The van der Waals surface area contributed by atoms with Crippen LogP contribution in [-0.4, -0.2) is 42.0 Å². The molecule has 0 bridgehead atoms. The second-order valence-corrected chi connectivity index (χ2v) is 8.41. The lowest BCUT2D eigenvalue weighted by molar-refractivity contribution is -0.137. The van der Waals surface area contributed by atoms with Crippen LogP contribution in [0, 0.1) is 0 Å². The Morgan fingerprint density at radius 3 is 2.26 bits per heavy atom. The maximum atomic E-state index is 13.0. The molecular formula is C27H23F3N4O. The lowest BCUT2D eigenvalue weighted by atomic mass is 10.1. The van der Waals surface area contributed by atoms with Crippen molar-refractivity contribution in [1.29, 1.82) is 0 Å². The van der Waals surface area contributed by atoms with E-state index in [-0.39, 0.29) is 11.4 Å². The third-order valence-electron chi connectivity index (χ3n) is 6.17. The highest BCUT2D eigenvalue weighted by Gasteiger charge is 2.30. The largest absolute Gasteiger partial charge is 0.416 e. The van der Waals surface area contributed by atoms with Gasteiger partial charge >= 0.3 is 6.18 Å². The van der Waals surface area contributed by atoms with Crippen LogP contribution in [-0.2, 0) is 6.18 Å². The average molecular weight is 477 g/mol. The summed E-state index contributed by atoms with van der Waals surface area (Å²) >= 11 is 0. The first-order valence-corrected chi connectivity index (χ1v) is 11.3. The van der Waals surface area contributed by atoms with Crippen molar-refractivity contribution in [3.05, 3.63) is 96.2 Å². The van der Waals surface area contributed by atoms with Crippen LogP contribution < -0.4 is 10.2 Å². The van der Waals surface area contributed by atoms with Crippen LogP contribution in [0.1, 0.15) is 15.9 Å². The number of carbonyl (C=O) groups is 1. The fraction of sp³-hybridized carbons (Fsp3) is 0.185. The van der Waals surface area contributed by atoms with E-state index in [0.29, 0.717) is 29.7 Å². The molecule has 178 valence electrons. The summed E-state index contributed by atoms with van der Waals surface area (Å²) in [7, 11) is 0. The van der Waals surface area contributed by atoms with Gasteiger partial charge < -0.3 is 15.1 Å². The third-order valence-corrected chi connectivity index (χ3v) is 6.17. The number of amides is 1. The van der Waals surface area contributed by atoms with Crippen LogP contribution >= 0.6 is 0 Å². The number of aromatic nitrogens is 1. The van der Waals surface area contributed by atoms with Crippen LogP contribution in [0.5, 0.6) is 0 Å². The number of piperazine rings is 1. The van der Waals surface area contributed by atoms with E-state index in [9.17, 15) is 18.0 Å². The number of nitrogens with one attached hydrogen (secondary N) is 1. The van der Waals surface area contributed by atoms with Gasteiger partial charge in [-0.15, -0.1) is 0 Å². The van der Waals surface area contributed by atoms with Crippen molar-refractivity contribution in [3.8, 4) is 0 Å². The normalized spacial score (nSPS) is 14.3. The number of hydrogen-bond donors (Lipinski definition) is 1. The lowest BCUT2D eigenvalue weighted by Crippen LogP contribution is -2.48. The van der Waals surface area contributed by atoms with Gasteiger partial charge in [0.2, 0.25) is 0 Å². The van der Waals surface area contributed by atoms with Gasteiger partial charge in [-0.1, -0.05) is 24.3 Å². The molecule has 0 saturated carbocycles. The van der Waals surface area contributed by atoms with E-state index in [1.165, 1.54) is 12.3 Å². The molecule has 1 aliphatic rings. The fourth-order valence-corrected chi connectivity index (χ4v) is 4.27. The second kappa shape index (κ2) is 9.29. The van der Waals surface area contributed by atoms with Gasteiger partial charge in [-0.05, 0) is 54.6 Å². The van der Waals surface area contributed by atoms with Gasteiger partial charge in [0.25, 0.3) is 5.91 Å². The zero-order valence-electron chi connectivity index (χ0n) is 18.8. The van der Waals surface area contributed by atoms with Crippen LogP contribution in [0.4, 0.5) is 30.2 Å². The highest BCUT2D eigenvalue weighted by molar-refractivity contribution is 5.96. The van der Waals surface area contributed by atoms with E-state index < -0.39 is 11.7 Å². The molecule has 1 aromatic heterocycles. The first-order valence-electron chi connectivity index (χ1n) is 11.3. The molecule has 8 heteroatoms. The summed E-state index contributed by atoms with van der Waals surface area (Å²) in [5.41, 5.74) is 2.64. The number of hydrogen-bond acceptors (Lipinski definition) is 4. The number of rotatable bonds is 4. The van der Waals surface area contributed by atoms with E-state index in [1.54, 1.807) is 30.3 Å². The van der Waals surface area contributed by atoms with Crippen molar-refractivity contribution in [2.75, 3.05) is 36.4 Å². The molecule has 5 rings (SSSR count). The molecule has 2 heterocycles. The van der Waals surface area contributed by atoms with Gasteiger partial charge in [0.05, 0.1) is 11.1 Å². The van der Waals surface area contributed by atoms with Crippen LogP contribution in [0.3, 0.4) is 0 Å². The molecule has 1 N–H and O–H groups in total. The summed E-state index contributed by atoms with van der Waals surface area (Å²) in [5, 5.41) is 3.80. The number of alkyl halides is 3. The molecule has 1 amide bonds. The van der Waals surface area contributed by atoms with E-state index in [0.717, 1.165) is 36.6 Å². The minimum Gasteiger partial charge on any atom is -0.368 e. The monoisotopic (exact) mass is 476 g/mol. The molecule has 0 radical (unpaired) electrons. The maximum Gasteiger partial charge on any atom is 0.416 e. The zero-order valence-corrected chi connectivity index (χ0v) is 18.8. The molecule has 1 saturated heterocycles. The van der Waals surface area contributed by atoms with E-state index in [2.05, 4.69) is 27.3 Å². The standard InChI is InChI=1S/C27H23F3N4O/c28-27(29,30)20-8-11-23-24(12-13-31-25(23)18-20)32-21-9-6-19(7-10-21)26(35)34-16-14-33(15-17-34)22-4-2-1-3-5-22/h1-13,18H,14-17H2,(H,31,32). The van der Waals surface area contributed by atoms with E-state index in [1.807, 2.05) is 23.1 Å². The average Bonchev–Trinajstić information content (AvgIpc) is 2.89. The summed E-state index contributed by atoms with van der Waals surface area (Å²) in [6.45, 7) is 2.86. The molecule has 0 unspecified atom stereocenters. The number of pyridine rings is 1. The Kier molecular flexibility index (Phi) is 6.03. The Morgan fingerprint density at radius 1 is 0.857 bits per heavy atom. The van der Waals surface area contributed by atoms with Crippen LogP contribution in [0.2, 0.25) is 0 Å². The molecule has 4 aromatic rings. The number of carbonyl (C=O) groups excluding carboxylic acids is 1. The van der Waals surface area contributed by atoms with Crippen molar-refractivity contribution in [1.82, 2.24) is 9.88 Å². The molecule has 3 aromatic carbocycles. The molecule has 0 aliphatic carbocycles. The summed E-state index contributed by atoms with van der Waals surface area (Å²) in [6.07, 6.45) is -2.95. The predicted molar refractivity (Wildman–Crippen MR) is 131 cm³/mol. The predicted octanol–water partition coefficient (Wildman–Crippen LogP) is 5.96. The number of anilines is 3. The molecule has 1 fully saturated rings. The minimum atomic E-state index is -4.42. The third kappa shape index (κ3) is 4.91. The molecule has 1 aliphatic heterocycles. The number of benzene rings is 3. The summed E-state index contributed by atoms with van der Waals surface area (Å²) < 4.78 is 39.1. The van der Waals surface area contributed by atoms with Crippen LogP contribution in [0.15, 0.2) is 85.1 Å². The van der Waals surface area contributed by atoms with Crippen molar-refractivity contribution in [2.24, 2.45) is 0 Å².